The minimum Gasteiger partial charge on any atom is -0.493 e. The smallest absolute Gasteiger partial charge is 0.257 e. The van der Waals surface area contributed by atoms with E-state index in [-0.39, 0.29) is 17.2 Å². The van der Waals surface area contributed by atoms with Gasteiger partial charge in [-0.3, -0.25) is 14.3 Å². The van der Waals surface area contributed by atoms with Crippen LogP contribution in [0.3, 0.4) is 0 Å². The SMILES string of the molecule is CCn1cc(C(=O)N2CCC3(CCCCCOc4ccccc4C(=O)NC3)CC2)cn1. The number of carbonyl (C=O) groups excluding carboxylic acids is 2. The molecule has 2 aliphatic rings. The van der Waals surface area contributed by atoms with Crippen molar-refractivity contribution in [3.63, 3.8) is 0 Å². The van der Waals surface area contributed by atoms with Gasteiger partial charge in [0.15, 0.2) is 0 Å². The molecule has 0 atom stereocenters. The topological polar surface area (TPSA) is 76.5 Å². The molecule has 2 aromatic rings. The second-order valence-corrected chi connectivity index (χ2v) is 8.71. The number of benzene rings is 1. The Hall–Kier alpha value is -2.83. The maximum atomic E-state index is 12.9. The molecule has 0 radical (unpaired) electrons. The summed E-state index contributed by atoms with van der Waals surface area (Å²) in [6, 6.07) is 7.45. The van der Waals surface area contributed by atoms with Crippen LogP contribution in [0.15, 0.2) is 36.7 Å². The molecule has 1 aromatic carbocycles. The summed E-state index contributed by atoms with van der Waals surface area (Å²) in [5, 5.41) is 7.40. The fraction of sp³-hybridized carbons (Fsp3) is 0.542. The van der Waals surface area contributed by atoms with Gasteiger partial charge in [-0.25, -0.2) is 0 Å². The highest BCUT2D eigenvalue weighted by Gasteiger charge is 2.36. The Morgan fingerprint density at radius 3 is 2.74 bits per heavy atom. The van der Waals surface area contributed by atoms with E-state index in [1.165, 1.54) is 0 Å². The zero-order chi connectivity index (χ0) is 21.7. The normalized spacial score (nSPS) is 19.5. The molecule has 1 spiro atoms. The van der Waals surface area contributed by atoms with Crippen LogP contribution in [0.5, 0.6) is 5.75 Å². The third-order valence-electron chi connectivity index (χ3n) is 6.68. The highest BCUT2D eigenvalue weighted by atomic mass is 16.5. The molecule has 3 heterocycles. The van der Waals surface area contributed by atoms with E-state index in [0.717, 1.165) is 45.1 Å². The number of ether oxygens (including phenoxy) is 1. The second-order valence-electron chi connectivity index (χ2n) is 8.71. The van der Waals surface area contributed by atoms with E-state index >= 15 is 0 Å². The van der Waals surface area contributed by atoms with Crippen LogP contribution in [0.25, 0.3) is 0 Å². The van der Waals surface area contributed by atoms with Crippen molar-refractivity contribution >= 4 is 11.8 Å². The summed E-state index contributed by atoms with van der Waals surface area (Å²) < 4.78 is 7.63. The largest absolute Gasteiger partial charge is 0.493 e. The minimum absolute atomic E-state index is 0.0367. The molecular weight excluding hydrogens is 392 g/mol. The van der Waals surface area contributed by atoms with Gasteiger partial charge >= 0.3 is 0 Å². The lowest BCUT2D eigenvalue weighted by Crippen LogP contribution is -2.48. The maximum Gasteiger partial charge on any atom is 0.257 e. The van der Waals surface area contributed by atoms with Gasteiger partial charge in [0.25, 0.3) is 11.8 Å². The van der Waals surface area contributed by atoms with Gasteiger partial charge in [0.2, 0.25) is 0 Å². The van der Waals surface area contributed by atoms with Crippen molar-refractivity contribution in [2.45, 2.75) is 52.0 Å². The summed E-state index contributed by atoms with van der Waals surface area (Å²) in [6.45, 7) is 5.46. The van der Waals surface area contributed by atoms with Gasteiger partial charge in [-0.1, -0.05) is 25.0 Å². The van der Waals surface area contributed by atoms with Gasteiger partial charge < -0.3 is 15.0 Å². The Morgan fingerprint density at radius 1 is 1.16 bits per heavy atom. The molecule has 7 heteroatoms. The van der Waals surface area contributed by atoms with Crippen LogP contribution in [0.1, 0.15) is 66.2 Å². The molecule has 0 unspecified atom stereocenters. The quantitative estimate of drug-likeness (QED) is 0.800. The number of amides is 2. The standard InChI is InChI=1S/C24H32N4O3/c1-2-28-17-19(16-26-28)23(30)27-13-11-24(12-14-27)10-6-3-7-15-31-21-9-5-4-8-20(21)22(29)25-18-24/h4-5,8-9,16-17H,2-3,6-7,10-15,18H2,1H3,(H,25,29). The van der Waals surface area contributed by atoms with E-state index in [0.29, 0.717) is 43.1 Å². The monoisotopic (exact) mass is 424 g/mol. The van der Waals surface area contributed by atoms with Crippen LogP contribution in [0.4, 0.5) is 0 Å². The highest BCUT2D eigenvalue weighted by Crippen LogP contribution is 2.37. The van der Waals surface area contributed by atoms with E-state index < -0.39 is 0 Å². The van der Waals surface area contributed by atoms with Crippen molar-refractivity contribution in [3.8, 4) is 5.75 Å². The molecule has 1 fully saturated rings. The van der Waals surface area contributed by atoms with Crippen molar-refractivity contribution < 1.29 is 14.3 Å². The number of aryl methyl sites for hydroxylation is 1. The molecule has 7 nitrogen and oxygen atoms in total. The maximum absolute atomic E-state index is 12.9. The molecule has 0 bridgehead atoms. The van der Waals surface area contributed by atoms with Gasteiger partial charge in [0, 0.05) is 32.4 Å². The summed E-state index contributed by atoms with van der Waals surface area (Å²) in [4.78, 5) is 27.7. The molecular formula is C24H32N4O3. The molecule has 0 saturated carbocycles. The number of nitrogens with one attached hydrogen (secondary N) is 1. The molecule has 1 saturated heterocycles. The van der Waals surface area contributed by atoms with Gasteiger partial charge in [0.05, 0.1) is 23.9 Å². The lowest BCUT2D eigenvalue weighted by molar-refractivity contribution is 0.0533. The highest BCUT2D eigenvalue weighted by molar-refractivity contribution is 5.97. The summed E-state index contributed by atoms with van der Waals surface area (Å²) in [5.74, 6) is 0.626. The van der Waals surface area contributed by atoms with Crippen LogP contribution in [0, 0.1) is 5.41 Å². The molecule has 2 amide bonds. The fourth-order valence-electron chi connectivity index (χ4n) is 4.63. The molecule has 1 aromatic heterocycles. The number of carbonyl (C=O) groups is 2. The van der Waals surface area contributed by atoms with Gasteiger partial charge in [-0.05, 0) is 50.2 Å². The minimum atomic E-state index is -0.0824. The molecule has 4 rings (SSSR count). The van der Waals surface area contributed by atoms with Crippen LogP contribution < -0.4 is 10.1 Å². The molecule has 31 heavy (non-hydrogen) atoms. The Labute approximate surface area is 183 Å². The summed E-state index contributed by atoms with van der Waals surface area (Å²) >= 11 is 0. The van der Waals surface area contributed by atoms with Gasteiger partial charge in [-0.2, -0.15) is 5.10 Å². The number of hydrogen-bond donors (Lipinski definition) is 1. The zero-order valence-corrected chi connectivity index (χ0v) is 18.3. The van der Waals surface area contributed by atoms with Crippen molar-refractivity contribution in [1.82, 2.24) is 20.0 Å². The lowest BCUT2D eigenvalue weighted by Gasteiger charge is -2.42. The van der Waals surface area contributed by atoms with Crippen LogP contribution >= 0.6 is 0 Å². The fourth-order valence-corrected chi connectivity index (χ4v) is 4.63. The van der Waals surface area contributed by atoms with E-state index in [9.17, 15) is 9.59 Å². The number of fused-ring (bicyclic) bond motifs is 1. The van der Waals surface area contributed by atoms with Crippen molar-refractivity contribution in [2.75, 3.05) is 26.2 Å². The average molecular weight is 425 g/mol. The number of para-hydroxylation sites is 1. The van der Waals surface area contributed by atoms with E-state index in [2.05, 4.69) is 10.4 Å². The Morgan fingerprint density at radius 2 is 1.97 bits per heavy atom. The number of hydrogen-bond acceptors (Lipinski definition) is 4. The molecule has 0 aliphatic carbocycles. The van der Waals surface area contributed by atoms with Crippen molar-refractivity contribution in [3.05, 3.63) is 47.8 Å². The number of aromatic nitrogens is 2. The van der Waals surface area contributed by atoms with Crippen molar-refractivity contribution in [2.24, 2.45) is 5.41 Å². The zero-order valence-electron chi connectivity index (χ0n) is 18.3. The average Bonchev–Trinajstić information content (AvgIpc) is 3.29. The molecule has 1 N–H and O–H groups in total. The van der Waals surface area contributed by atoms with Crippen LogP contribution in [0.2, 0.25) is 0 Å². The van der Waals surface area contributed by atoms with Gasteiger partial charge in [0.1, 0.15) is 5.75 Å². The van der Waals surface area contributed by atoms with Gasteiger partial charge in [-0.15, -0.1) is 0 Å². The first kappa shape index (κ1) is 21.4. The summed E-state index contributed by atoms with van der Waals surface area (Å²) in [6.07, 6.45) is 9.55. The predicted molar refractivity (Wildman–Crippen MR) is 118 cm³/mol. The molecule has 2 aliphatic heterocycles. The summed E-state index contributed by atoms with van der Waals surface area (Å²) in [7, 11) is 0. The Bertz CT molecular complexity index is 915. The first-order valence-electron chi connectivity index (χ1n) is 11.4. The summed E-state index contributed by atoms with van der Waals surface area (Å²) in [5.41, 5.74) is 1.29. The third kappa shape index (κ3) is 4.92. The van der Waals surface area contributed by atoms with E-state index in [1.807, 2.05) is 42.3 Å². The first-order valence-corrected chi connectivity index (χ1v) is 11.4. The second kappa shape index (κ2) is 9.54. The third-order valence-corrected chi connectivity index (χ3v) is 6.68. The van der Waals surface area contributed by atoms with Crippen LogP contribution in [-0.2, 0) is 6.54 Å². The number of likely N-dealkylation sites (tertiary alicyclic amines) is 1. The number of piperidine rings is 1. The Balaban J connectivity index is 1.43. The number of rotatable bonds is 2. The lowest BCUT2D eigenvalue weighted by atomic mass is 9.74. The Kier molecular flexibility index (Phi) is 6.59. The molecule has 166 valence electrons. The van der Waals surface area contributed by atoms with Crippen molar-refractivity contribution in [1.29, 1.82) is 0 Å². The van der Waals surface area contributed by atoms with Crippen LogP contribution in [-0.4, -0.2) is 52.7 Å². The number of nitrogens with zero attached hydrogens (tertiary/aromatic N) is 3. The van der Waals surface area contributed by atoms with E-state index in [4.69, 9.17) is 4.74 Å². The van der Waals surface area contributed by atoms with E-state index in [1.54, 1.807) is 10.9 Å². The first-order chi connectivity index (χ1) is 15.1. The predicted octanol–water partition coefficient (Wildman–Crippen LogP) is 3.51.